The maximum Gasteiger partial charge on any atom is 0.0506 e. The third-order valence-corrected chi connectivity index (χ3v) is 1.54. The van der Waals surface area contributed by atoms with Gasteiger partial charge in [0.15, 0.2) is 0 Å². The molecule has 0 fully saturated rings. The molecule has 0 saturated heterocycles. The average molecular weight is 133 g/mol. The number of rotatable bonds is 4. The Labute approximate surface area is 54.9 Å². The van der Waals surface area contributed by atoms with Crippen molar-refractivity contribution in [1.82, 2.24) is 0 Å². The van der Waals surface area contributed by atoms with Crippen molar-refractivity contribution >= 4 is 0 Å². The van der Waals surface area contributed by atoms with E-state index in [4.69, 9.17) is 15.3 Å². The molecule has 3 N–H and O–H groups in total. The van der Waals surface area contributed by atoms with Crippen molar-refractivity contribution in [3.63, 3.8) is 0 Å². The minimum atomic E-state index is -0.778. The van der Waals surface area contributed by atoms with Gasteiger partial charge in [-0.2, -0.15) is 6.42 Å². The van der Waals surface area contributed by atoms with E-state index in [1.54, 1.807) is 0 Å². The summed E-state index contributed by atoms with van der Waals surface area (Å²) >= 11 is 0. The van der Waals surface area contributed by atoms with Crippen LogP contribution in [-0.2, 0) is 0 Å². The highest BCUT2D eigenvalue weighted by Gasteiger charge is 2.21. The summed E-state index contributed by atoms with van der Waals surface area (Å²) in [6.45, 7) is 2.83. The van der Waals surface area contributed by atoms with Crippen LogP contribution in [0.4, 0.5) is 0 Å². The number of aliphatic hydroxyl groups excluding tert-OH is 3. The fraction of sp³-hybridized carbons (Fsp3) is 0.833. The van der Waals surface area contributed by atoms with Gasteiger partial charge >= 0.3 is 0 Å². The van der Waals surface area contributed by atoms with Crippen molar-refractivity contribution in [2.24, 2.45) is 5.41 Å². The van der Waals surface area contributed by atoms with E-state index in [0.29, 0.717) is 6.42 Å². The van der Waals surface area contributed by atoms with Crippen molar-refractivity contribution in [1.29, 1.82) is 0 Å². The Kier molecular flexibility index (Phi) is 3.77. The Hall–Kier alpha value is -0.120. The van der Waals surface area contributed by atoms with Gasteiger partial charge in [0.2, 0.25) is 0 Å². The second-order valence-corrected chi connectivity index (χ2v) is 2.22. The first-order valence-corrected chi connectivity index (χ1v) is 2.86. The summed E-state index contributed by atoms with van der Waals surface area (Å²) in [5, 5.41) is 25.8. The molecule has 0 amide bonds. The summed E-state index contributed by atoms with van der Waals surface area (Å²) in [4.78, 5) is 0. The van der Waals surface area contributed by atoms with Crippen LogP contribution in [0.3, 0.4) is 0 Å². The summed E-state index contributed by atoms with van der Waals surface area (Å²) in [5.41, 5.74) is -0.778. The minimum Gasteiger partial charge on any atom is -0.396 e. The van der Waals surface area contributed by atoms with E-state index in [9.17, 15) is 0 Å². The highest BCUT2D eigenvalue weighted by molar-refractivity contribution is 4.77. The first kappa shape index (κ1) is 8.88. The van der Waals surface area contributed by atoms with Crippen LogP contribution >= 0.6 is 0 Å². The maximum atomic E-state index is 8.62. The molecule has 0 aliphatic rings. The van der Waals surface area contributed by atoms with Gasteiger partial charge in [0.25, 0.3) is 0 Å². The summed E-state index contributed by atoms with van der Waals surface area (Å²) in [6.07, 6.45) is 0.344. The molecule has 3 heteroatoms. The third-order valence-electron chi connectivity index (χ3n) is 1.54. The normalized spacial score (nSPS) is 12.0. The standard InChI is InChI=1S/C6H13O3/c1-2-6(3-7,4-8)5-9/h7-9H,1-5H2/q-1. The molecule has 3 nitrogen and oxygen atoms in total. The largest absolute Gasteiger partial charge is 0.396 e. The van der Waals surface area contributed by atoms with Crippen molar-refractivity contribution < 1.29 is 15.3 Å². The van der Waals surface area contributed by atoms with E-state index in [0.717, 1.165) is 0 Å². The average Bonchev–Trinajstić information content (AvgIpc) is 1.95. The molecule has 0 bridgehead atoms. The van der Waals surface area contributed by atoms with Crippen LogP contribution in [0.15, 0.2) is 0 Å². The van der Waals surface area contributed by atoms with Gasteiger partial charge in [0.05, 0.1) is 19.8 Å². The van der Waals surface area contributed by atoms with Crippen molar-refractivity contribution in [3.8, 4) is 0 Å². The Morgan fingerprint density at radius 3 is 1.33 bits per heavy atom. The minimum absolute atomic E-state index is 0.219. The molecule has 0 spiro atoms. The van der Waals surface area contributed by atoms with Crippen molar-refractivity contribution in [3.05, 3.63) is 6.92 Å². The molecule has 0 radical (unpaired) electrons. The molecule has 0 aliphatic heterocycles. The lowest BCUT2D eigenvalue weighted by Gasteiger charge is -2.28. The molecule has 0 aromatic carbocycles. The molecule has 0 heterocycles. The zero-order valence-corrected chi connectivity index (χ0v) is 5.38. The first-order chi connectivity index (χ1) is 4.24. The quantitative estimate of drug-likeness (QED) is 0.439. The van der Waals surface area contributed by atoms with Crippen LogP contribution in [0.1, 0.15) is 6.42 Å². The molecule has 0 aromatic heterocycles. The lowest BCUT2D eigenvalue weighted by Crippen LogP contribution is -2.32. The second-order valence-electron chi connectivity index (χ2n) is 2.22. The zero-order valence-electron chi connectivity index (χ0n) is 5.38. The van der Waals surface area contributed by atoms with Crippen molar-refractivity contribution in [2.75, 3.05) is 19.8 Å². The van der Waals surface area contributed by atoms with Crippen LogP contribution in [0, 0.1) is 12.3 Å². The fourth-order valence-corrected chi connectivity index (χ4v) is 0.387. The Bertz CT molecular complexity index is 51.2. The van der Waals surface area contributed by atoms with Gasteiger partial charge in [-0.1, -0.05) is 0 Å². The lowest BCUT2D eigenvalue weighted by molar-refractivity contribution is 0.00750. The predicted octanol–water partition coefficient (Wildman–Crippen LogP) is -0.826. The summed E-state index contributed by atoms with van der Waals surface area (Å²) in [6, 6.07) is 0. The molecule has 0 rings (SSSR count). The summed E-state index contributed by atoms with van der Waals surface area (Å²) in [7, 11) is 0. The molecule has 0 aliphatic carbocycles. The van der Waals surface area contributed by atoms with E-state index < -0.39 is 5.41 Å². The number of aliphatic hydroxyl groups is 3. The van der Waals surface area contributed by atoms with Crippen LogP contribution in [0.25, 0.3) is 0 Å². The third kappa shape index (κ3) is 1.93. The molecule has 0 aromatic rings. The first-order valence-electron chi connectivity index (χ1n) is 2.86. The Balaban J connectivity index is 3.82. The molecule has 0 atom stereocenters. The van der Waals surface area contributed by atoms with Gasteiger partial charge in [0.1, 0.15) is 0 Å². The molecule has 9 heavy (non-hydrogen) atoms. The highest BCUT2D eigenvalue weighted by Crippen LogP contribution is 2.17. The van der Waals surface area contributed by atoms with Crippen molar-refractivity contribution in [2.45, 2.75) is 6.42 Å². The van der Waals surface area contributed by atoms with E-state index in [1.807, 2.05) is 0 Å². The summed E-state index contributed by atoms with van der Waals surface area (Å²) in [5.74, 6) is 0. The molecular formula is C6H13O3-. The molecular weight excluding hydrogens is 120 g/mol. The fourth-order valence-electron chi connectivity index (χ4n) is 0.387. The zero-order chi connectivity index (χ0) is 7.33. The Morgan fingerprint density at radius 1 is 1.00 bits per heavy atom. The molecule has 56 valence electrons. The van der Waals surface area contributed by atoms with E-state index >= 15 is 0 Å². The SMILES string of the molecule is [CH2-]CC(CO)(CO)CO. The van der Waals surface area contributed by atoms with Gasteiger partial charge in [0, 0.05) is 5.41 Å². The lowest BCUT2D eigenvalue weighted by atomic mass is 9.88. The van der Waals surface area contributed by atoms with Crippen LogP contribution in [-0.4, -0.2) is 35.1 Å². The topological polar surface area (TPSA) is 60.7 Å². The van der Waals surface area contributed by atoms with E-state index in [-0.39, 0.29) is 19.8 Å². The van der Waals surface area contributed by atoms with Gasteiger partial charge in [-0.3, -0.25) is 0 Å². The Morgan fingerprint density at radius 2 is 1.33 bits per heavy atom. The number of hydrogen-bond acceptors (Lipinski definition) is 3. The van der Waals surface area contributed by atoms with Crippen LogP contribution in [0.2, 0.25) is 0 Å². The molecule has 0 unspecified atom stereocenters. The predicted molar refractivity (Wildman–Crippen MR) is 33.7 cm³/mol. The maximum absolute atomic E-state index is 8.62. The van der Waals surface area contributed by atoms with Crippen LogP contribution in [0.5, 0.6) is 0 Å². The van der Waals surface area contributed by atoms with Crippen LogP contribution < -0.4 is 0 Å². The number of hydrogen-bond donors (Lipinski definition) is 3. The van der Waals surface area contributed by atoms with Gasteiger partial charge in [-0.05, 0) is 0 Å². The smallest absolute Gasteiger partial charge is 0.0506 e. The van der Waals surface area contributed by atoms with E-state index in [2.05, 4.69) is 6.92 Å². The van der Waals surface area contributed by atoms with Gasteiger partial charge < -0.3 is 22.2 Å². The van der Waals surface area contributed by atoms with Gasteiger partial charge in [-0.15, -0.1) is 0 Å². The highest BCUT2D eigenvalue weighted by atomic mass is 16.3. The second kappa shape index (κ2) is 3.82. The van der Waals surface area contributed by atoms with Gasteiger partial charge in [-0.25, -0.2) is 0 Å². The monoisotopic (exact) mass is 133 g/mol. The van der Waals surface area contributed by atoms with E-state index in [1.165, 1.54) is 0 Å². The summed E-state index contributed by atoms with van der Waals surface area (Å²) < 4.78 is 0. The molecule has 0 saturated carbocycles.